The molecule has 5 heteroatoms. The predicted molar refractivity (Wildman–Crippen MR) is 127 cm³/mol. The molecule has 0 amide bonds. The number of anilines is 2. The van der Waals surface area contributed by atoms with E-state index in [4.69, 9.17) is 9.97 Å². The van der Waals surface area contributed by atoms with Gasteiger partial charge in [-0.25, -0.2) is 9.97 Å². The van der Waals surface area contributed by atoms with Gasteiger partial charge in [-0.2, -0.15) is 0 Å². The molecular formula is C26H26N4O. The maximum absolute atomic E-state index is 10.4. The molecule has 0 unspecified atom stereocenters. The van der Waals surface area contributed by atoms with Gasteiger partial charge in [0, 0.05) is 37.3 Å². The van der Waals surface area contributed by atoms with Crippen LogP contribution in [0.3, 0.4) is 0 Å². The minimum absolute atomic E-state index is 0.199. The fourth-order valence-electron chi connectivity index (χ4n) is 4.32. The van der Waals surface area contributed by atoms with Gasteiger partial charge in [0.15, 0.2) is 5.82 Å². The molecule has 0 atom stereocenters. The first kappa shape index (κ1) is 19.4. The van der Waals surface area contributed by atoms with Crippen LogP contribution >= 0.6 is 0 Å². The Labute approximate surface area is 182 Å². The molecule has 1 N–H and O–H groups in total. The van der Waals surface area contributed by atoms with E-state index in [9.17, 15) is 5.11 Å². The lowest BCUT2D eigenvalue weighted by molar-refractivity contribution is 0.477. The second-order valence-corrected chi connectivity index (χ2v) is 8.17. The van der Waals surface area contributed by atoms with Crippen molar-refractivity contribution >= 4 is 22.4 Å². The molecule has 31 heavy (non-hydrogen) atoms. The second-order valence-electron chi connectivity index (χ2n) is 8.17. The Morgan fingerprint density at radius 1 is 0.774 bits per heavy atom. The van der Waals surface area contributed by atoms with E-state index in [2.05, 4.69) is 66.1 Å². The number of hydrogen-bond acceptors (Lipinski definition) is 5. The minimum atomic E-state index is 0.199. The van der Waals surface area contributed by atoms with Crippen molar-refractivity contribution in [1.29, 1.82) is 0 Å². The highest BCUT2D eigenvalue weighted by Crippen LogP contribution is 2.32. The van der Waals surface area contributed by atoms with Crippen molar-refractivity contribution in [3.05, 3.63) is 77.9 Å². The fraction of sp³-hybridized carbons (Fsp3) is 0.231. The number of aromatic hydroxyl groups is 1. The number of phenols is 1. The summed E-state index contributed by atoms with van der Waals surface area (Å²) in [4.78, 5) is 14.5. The lowest BCUT2D eigenvalue weighted by atomic mass is 10.1. The zero-order valence-corrected chi connectivity index (χ0v) is 17.9. The van der Waals surface area contributed by atoms with Crippen LogP contribution in [-0.2, 0) is 0 Å². The van der Waals surface area contributed by atoms with Gasteiger partial charge < -0.3 is 14.9 Å². The third-order valence-corrected chi connectivity index (χ3v) is 6.01. The van der Waals surface area contributed by atoms with Crippen molar-refractivity contribution in [1.82, 2.24) is 9.97 Å². The molecule has 5 nitrogen and oxygen atoms in total. The van der Waals surface area contributed by atoms with E-state index < -0.39 is 0 Å². The average molecular weight is 411 g/mol. The number of hydrogen-bond donors (Lipinski definition) is 1. The third kappa shape index (κ3) is 3.67. The van der Waals surface area contributed by atoms with Crippen LogP contribution in [-0.4, -0.2) is 41.3 Å². The smallest absolute Gasteiger partial charge is 0.165 e. The van der Waals surface area contributed by atoms with Gasteiger partial charge in [-0.3, -0.25) is 0 Å². The quantitative estimate of drug-likeness (QED) is 0.518. The van der Waals surface area contributed by atoms with Crippen LogP contribution in [0.2, 0.25) is 0 Å². The molecule has 5 rings (SSSR count). The molecular weight excluding hydrogens is 384 g/mol. The standard InChI is InChI=1S/C26H26N4O/c1-18-11-12-20-22(17-18)27-25(21-8-4-6-10-24(21)31)28-26(20)30-15-13-29(14-16-30)23-9-5-3-7-19(23)2/h3-12,17,31H,13-16H2,1-2H3. The van der Waals surface area contributed by atoms with Gasteiger partial charge in [0.05, 0.1) is 11.1 Å². The second kappa shape index (κ2) is 7.91. The van der Waals surface area contributed by atoms with Crippen LogP contribution < -0.4 is 9.80 Å². The summed E-state index contributed by atoms with van der Waals surface area (Å²) in [5, 5.41) is 11.4. The fourth-order valence-corrected chi connectivity index (χ4v) is 4.32. The third-order valence-electron chi connectivity index (χ3n) is 6.01. The number of fused-ring (bicyclic) bond motifs is 1. The van der Waals surface area contributed by atoms with Crippen LogP contribution in [0.15, 0.2) is 66.7 Å². The maximum atomic E-state index is 10.4. The summed E-state index contributed by atoms with van der Waals surface area (Å²) in [7, 11) is 0. The molecule has 0 bridgehead atoms. The topological polar surface area (TPSA) is 52.5 Å². The maximum Gasteiger partial charge on any atom is 0.165 e. The van der Waals surface area contributed by atoms with Crippen LogP contribution in [0.5, 0.6) is 5.75 Å². The lowest BCUT2D eigenvalue weighted by Crippen LogP contribution is -2.47. The van der Waals surface area contributed by atoms with E-state index >= 15 is 0 Å². The highest BCUT2D eigenvalue weighted by molar-refractivity contribution is 5.92. The summed E-state index contributed by atoms with van der Waals surface area (Å²) in [6.45, 7) is 7.88. The number of benzene rings is 3. The van der Waals surface area contributed by atoms with Gasteiger partial charge in [0.1, 0.15) is 11.6 Å². The number of aryl methyl sites for hydroxylation is 2. The summed E-state index contributed by atoms with van der Waals surface area (Å²) < 4.78 is 0. The van der Waals surface area contributed by atoms with Gasteiger partial charge in [-0.05, 0) is 55.3 Å². The van der Waals surface area contributed by atoms with Crippen LogP contribution in [0.1, 0.15) is 11.1 Å². The summed E-state index contributed by atoms with van der Waals surface area (Å²) in [5.41, 5.74) is 5.33. The number of nitrogens with zero attached hydrogens (tertiary/aromatic N) is 4. The Bertz CT molecular complexity index is 1250. The first-order valence-electron chi connectivity index (χ1n) is 10.7. The Hall–Kier alpha value is -3.60. The van der Waals surface area contributed by atoms with Gasteiger partial charge in [0.2, 0.25) is 0 Å². The molecule has 1 aliphatic rings. The number of piperazine rings is 1. The van der Waals surface area contributed by atoms with Gasteiger partial charge in [-0.15, -0.1) is 0 Å². The molecule has 0 radical (unpaired) electrons. The first-order chi connectivity index (χ1) is 15.1. The molecule has 0 saturated carbocycles. The van der Waals surface area contributed by atoms with E-state index in [1.54, 1.807) is 6.07 Å². The molecule has 1 saturated heterocycles. The number of rotatable bonds is 3. The molecule has 4 aromatic rings. The van der Waals surface area contributed by atoms with E-state index in [1.807, 2.05) is 18.2 Å². The van der Waals surface area contributed by atoms with Crippen molar-refractivity contribution in [2.75, 3.05) is 36.0 Å². The number of aromatic nitrogens is 2. The number of phenolic OH excluding ortho intramolecular Hbond substituents is 1. The Morgan fingerprint density at radius 3 is 2.26 bits per heavy atom. The van der Waals surface area contributed by atoms with Gasteiger partial charge in [0.25, 0.3) is 0 Å². The summed E-state index contributed by atoms with van der Waals surface area (Å²) >= 11 is 0. The van der Waals surface area contributed by atoms with E-state index in [0.29, 0.717) is 11.4 Å². The molecule has 0 aliphatic carbocycles. The van der Waals surface area contributed by atoms with E-state index in [0.717, 1.165) is 48.5 Å². The molecule has 1 aliphatic heterocycles. The molecule has 0 spiro atoms. The Balaban J connectivity index is 1.52. The zero-order chi connectivity index (χ0) is 21.4. The van der Waals surface area contributed by atoms with Crippen molar-refractivity contribution < 1.29 is 5.11 Å². The summed E-state index contributed by atoms with van der Waals surface area (Å²) in [6, 6.07) is 22.1. The van der Waals surface area contributed by atoms with Crippen molar-refractivity contribution in [3.8, 4) is 17.1 Å². The van der Waals surface area contributed by atoms with Gasteiger partial charge in [-0.1, -0.05) is 36.4 Å². The largest absolute Gasteiger partial charge is 0.507 e. The highest BCUT2D eigenvalue weighted by Gasteiger charge is 2.22. The predicted octanol–water partition coefficient (Wildman–Crippen LogP) is 4.95. The number of para-hydroxylation sites is 2. The lowest BCUT2D eigenvalue weighted by Gasteiger charge is -2.37. The Morgan fingerprint density at radius 2 is 1.48 bits per heavy atom. The van der Waals surface area contributed by atoms with Crippen molar-refractivity contribution in [3.63, 3.8) is 0 Å². The van der Waals surface area contributed by atoms with E-state index in [1.165, 1.54) is 11.3 Å². The monoisotopic (exact) mass is 410 g/mol. The Kier molecular flexibility index (Phi) is 4.94. The summed E-state index contributed by atoms with van der Waals surface area (Å²) in [5.74, 6) is 1.70. The zero-order valence-electron chi connectivity index (χ0n) is 17.9. The van der Waals surface area contributed by atoms with Crippen LogP contribution in [0.25, 0.3) is 22.3 Å². The molecule has 2 heterocycles. The molecule has 1 aromatic heterocycles. The first-order valence-corrected chi connectivity index (χ1v) is 10.7. The molecule has 1 fully saturated rings. The van der Waals surface area contributed by atoms with E-state index in [-0.39, 0.29) is 5.75 Å². The molecule has 156 valence electrons. The minimum Gasteiger partial charge on any atom is -0.507 e. The van der Waals surface area contributed by atoms with Crippen LogP contribution in [0, 0.1) is 13.8 Å². The van der Waals surface area contributed by atoms with Crippen LogP contribution in [0.4, 0.5) is 11.5 Å². The van der Waals surface area contributed by atoms with Gasteiger partial charge >= 0.3 is 0 Å². The summed E-state index contributed by atoms with van der Waals surface area (Å²) in [6.07, 6.45) is 0. The normalized spacial score (nSPS) is 14.3. The highest BCUT2D eigenvalue weighted by atomic mass is 16.3. The SMILES string of the molecule is Cc1ccc2c(N3CCN(c4ccccc4C)CC3)nc(-c3ccccc3O)nc2c1. The van der Waals surface area contributed by atoms with Crippen molar-refractivity contribution in [2.24, 2.45) is 0 Å². The molecule has 3 aromatic carbocycles. The average Bonchev–Trinajstić information content (AvgIpc) is 2.79. The van der Waals surface area contributed by atoms with Crippen molar-refractivity contribution in [2.45, 2.75) is 13.8 Å².